The lowest BCUT2D eigenvalue weighted by atomic mass is 9.92. The molecule has 0 N–H and O–H groups in total. The molecule has 6 nitrogen and oxygen atoms in total. The van der Waals surface area contributed by atoms with Gasteiger partial charge in [-0.3, -0.25) is 0 Å². The van der Waals surface area contributed by atoms with Crippen molar-refractivity contribution in [2.24, 2.45) is 0 Å². The van der Waals surface area contributed by atoms with Crippen LogP contribution >= 0.6 is 0 Å². The van der Waals surface area contributed by atoms with Crippen molar-refractivity contribution in [1.82, 2.24) is 19.5 Å². The highest BCUT2D eigenvalue weighted by Gasteiger charge is 2.26. The molecule has 0 saturated heterocycles. The topological polar surface area (TPSA) is 69.9 Å². The molecule has 0 unspecified atom stereocenters. The Labute approximate surface area is 396 Å². The van der Waals surface area contributed by atoms with E-state index < -0.39 is 0 Å². The second-order valence-corrected chi connectivity index (χ2v) is 17.5. The van der Waals surface area contributed by atoms with Gasteiger partial charge < -0.3 is 13.4 Å². The van der Waals surface area contributed by atoms with Crippen LogP contribution in [0.25, 0.3) is 139 Å². The lowest BCUT2D eigenvalue weighted by Gasteiger charge is -2.16. The molecule has 0 aliphatic rings. The highest BCUT2D eigenvalue weighted by Crippen LogP contribution is 2.48. The van der Waals surface area contributed by atoms with Crippen molar-refractivity contribution in [3.05, 3.63) is 231 Å². The zero-order chi connectivity index (χ0) is 45.4. The van der Waals surface area contributed by atoms with E-state index in [1.807, 2.05) is 72.8 Å². The first-order valence-electron chi connectivity index (χ1n) is 23.2. The van der Waals surface area contributed by atoms with Gasteiger partial charge in [0, 0.05) is 54.6 Å². The van der Waals surface area contributed by atoms with E-state index in [1.165, 1.54) is 21.9 Å². The van der Waals surface area contributed by atoms with E-state index in [2.05, 4.69) is 162 Å². The van der Waals surface area contributed by atoms with Gasteiger partial charge in [0.25, 0.3) is 0 Å². The Bertz CT molecular complexity index is 4250. The van der Waals surface area contributed by atoms with Gasteiger partial charge in [-0.05, 0) is 76.9 Å². The third kappa shape index (κ3) is 6.30. The first kappa shape index (κ1) is 38.8. The van der Waals surface area contributed by atoms with Gasteiger partial charge in [-0.15, -0.1) is 0 Å². The summed E-state index contributed by atoms with van der Waals surface area (Å²) in [6.45, 7) is 0. The third-order valence-electron chi connectivity index (χ3n) is 13.5. The number of rotatable bonds is 7. The third-order valence-corrected chi connectivity index (χ3v) is 13.5. The van der Waals surface area contributed by atoms with Gasteiger partial charge in [0.1, 0.15) is 22.3 Å². The molecule has 0 bridgehead atoms. The van der Waals surface area contributed by atoms with Crippen LogP contribution in [-0.2, 0) is 0 Å². The van der Waals surface area contributed by atoms with Crippen molar-refractivity contribution in [3.63, 3.8) is 0 Å². The van der Waals surface area contributed by atoms with E-state index in [4.69, 9.17) is 23.8 Å². The van der Waals surface area contributed by atoms with Gasteiger partial charge >= 0.3 is 0 Å². The first-order chi connectivity index (χ1) is 34.2. The molecule has 0 atom stereocenters. The first-order valence-corrected chi connectivity index (χ1v) is 23.2. The molecular weight excluding hydrogens is 845 g/mol. The van der Waals surface area contributed by atoms with Crippen molar-refractivity contribution in [3.8, 4) is 73.2 Å². The molecule has 4 heterocycles. The van der Waals surface area contributed by atoms with Crippen molar-refractivity contribution < 1.29 is 8.83 Å². The number of fused-ring (bicyclic) bond motifs is 9. The number of hydrogen-bond donors (Lipinski definition) is 0. The maximum Gasteiger partial charge on any atom is 0.164 e. The largest absolute Gasteiger partial charge is 0.455 e. The average molecular weight is 883 g/mol. The Balaban J connectivity index is 1.01. The van der Waals surface area contributed by atoms with Gasteiger partial charge in [0.2, 0.25) is 0 Å². The molecule has 14 rings (SSSR count). The second kappa shape index (κ2) is 15.6. The molecule has 322 valence electrons. The van der Waals surface area contributed by atoms with E-state index in [-0.39, 0.29) is 0 Å². The lowest BCUT2D eigenvalue weighted by Crippen LogP contribution is -2.00. The minimum absolute atomic E-state index is 0.595. The van der Waals surface area contributed by atoms with Crippen molar-refractivity contribution in [2.45, 2.75) is 0 Å². The van der Waals surface area contributed by atoms with E-state index >= 15 is 0 Å². The Kier molecular flexibility index (Phi) is 8.79. The van der Waals surface area contributed by atoms with Crippen molar-refractivity contribution in [2.75, 3.05) is 0 Å². The van der Waals surface area contributed by atoms with E-state index in [0.29, 0.717) is 17.5 Å². The molecule has 0 fully saturated rings. The molecule has 0 aliphatic heterocycles. The highest BCUT2D eigenvalue weighted by molar-refractivity contribution is 6.21. The maximum atomic E-state index is 7.10. The van der Waals surface area contributed by atoms with E-state index in [1.54, 1.807) is 0 Å². The predicted molar refractivity (Wildman–Crippen MR) is 281 cm³/mol. The summed E-state index contributed by atoms with van der Waals surface area (Å²) in [6.07, 6.45) is 0. The molecular formula is C63H38N4O2. The maximum absolute atomic E-state index is 7.10. The number of furan rings is 2. The normalized spacial score (nSPS) is 11.8. The Morgan fingerprint density at radius 1 is 0.304 bits per heavy atom. The molecule has 0 saturated carbocycles. The fourth-order valence-corrected chi connectivity index (χ4v) is 10.3. The summed E-state index contributed by atoms with van der Waals surface area (Å²) in [4.78, 5) is 15.1. The molecule has 0 radical (unpaired) electrons. The van der Waals surface area contributed by atoms with Gasteiger partial charge in [-0.1, -0.05) is 176 Å². The van der Waals surface area contributed by atoms with Crippen LogP contribution in [0.1, 0.15) is 0 Å². The highest BCUT2D eigenvalue weighted by atomic mass is 16.3. The standard InChI is InChI=1S/C63H38N4O2/c1-4-17-39(18-5-1)42-31-35-53-51(38-42)46-25-10-13-28-52(46)67(53)54-36-34-48-47-26-11-14-29-55(47)68-59(48)58(54)50-33-32-45(57-49-27-12-15-30-56(49)69-60(50)57)43-23-16-24-44(37-43)63-65-61(40-19-6-2-7-20-40)64-62(66-63)41-21-8-3-9-22-41/h1-38H. The minimum Gasteiger partial charge on any atom is -0.455 e. The molecule has 0 aliphatic carbocycles. The van der Waals surface area contributed by atoms with Gasteiger partial charge in [-0.25, -0.2) is 15.0 Å². The predicted octanol–water partition coefficient (Wildman–Crippen LogP) is 16.8. The molecule has 69 heavy (non-hydrogen) atoms. The number of aromatic nitrogens is 4. The number of nitrogens with zero attached hydrogens (tertiary/aromatic N) is 4. The lowest BCUT2D eigenvalue weighted by molar-refractivity contribution is 0.665. The summed E-state index contributed by atoms with van der Waals surface area (Å²) < 4.78 is 16.5. The van der Waals surface area contributed by atoms with Crippen LogP contribution in [0.15, 0.2) is 239 Å². The number of para-hydroxylation sites is 3. The van der Waals surface area contributed by atoms with Crippen molar-refractivity contribution in [1.29, 1.82) is 0 Å². The SMILES string of the molecule is c1ccc(-c2ccc3c(c2)c2ccccc2n3-c2ccc3c(oc4ccccc43)c2-c2ccc(-c3cccc(-c4nc(-c5ccccc5)nc(-c5ccccc5)n4)c3)c3c2oc2ccccc23)cc1. The van der Waals surface area contributed by atoms with Crippen LogP contribution < -0.4 is 0 Å². The Hall–Kier alpha value is -9.39. The zero-order valence-electron chi connectivity index (χ0n) is 37.0. The van der Waals surface area contributed by atoms with Crippen molar-refractivity contribution >= 4 is 65.7 Å². The van der Waals surface area contributed by atoms with Crippen LogP contribution in [-0.4, -0.2) is 19.5 Å². The minimum atomic E-state index is 0.595. The fourth-order valence-electron chi connectivity index (χ4n) is 10.3. The van der Waals surface area contributed by atoms with E-state index in [0.717, 1.165) is 99.5 Å². The van der Waals surface area contributed by atoms with Crippen LogP contribution in [0, 0.1) is 0 Å². The summed E-state index contributed by atoms with van der Waals surface area (Å²) in [5.74, 6) is 1.83. The molecule has 14 aromatic rings. The van der Waals surface area contributed by atoms with Gasteiger partial charge in [0.15, 0.2) is 17.5 Å². The average Bonchev–Trinajstić information content (AvgIpc) is 4.11. The smallest absolute Gasteiger partial charge is 0.164 e. The van der Waals surface area contributed by atoms with Crippen LogP contribution in [0.2, 0.25) is 0 Å². The summed E-state index contributed by atoms with van der Waals surface area (Å²) in [7, 11) is 0. The molecule has 10 aromatic carbocycles. The summed E-state index contributed by atoms with van der Waals surface area (Å²) >= 11 is 0. The molecule has 6 heteroatoms. The monoisotopic (exact) mass is 882 g/mol. The number of benzene rings is 10. The van der Waals surface area contributed by atoms with Gasteiger partial charge in [0.05, 0.1) is 22.3 Å². The Morgan fingerprint density at radius 3 is 1.57 bits per heavy atom. The van der Waals surface area contributed by atoms with Crippen LogP contribution in [0.5, 0.6) is 0 Å². The van der Waals surface area contributed by atoms with Gasteiger partial charge in [-0.2, -0.15) is 0 Å². The zero-order valence-corrected chi connectivity index (χ0v) is 37.0. The molecule has 0 amide bonds. The number of hydrogen-bond acceptors (Lipinski definition) is 5. The van der Waals surface area contributed by atoms with Crippen LogP contribution in [0.3, 0.4) is 0 Å². The molecule has 0 spiro atoms. The quantitative estimate of drug-likeness (QED) is 0.159. The molecule has 4 aromatic heterocycles. The van der Waals surface area contributed by atoms with E-state index in [9.17, 15) is 0 Å². The summed E-state index contributed by atoms with van der Waals surface area (Å²) in [5, 5.41) is 6.50. The second-order valence-electron chi connectivity index (χ2n) is 17.5. The summed E-state index contributed by atoms with van der Waals surface area (Å²) in [6, 6.07) is 80.3. The van der Waals surface area contributed by atoms with Crippen LogP contribution in [0.4, 0.5) is 0 Å². The summed E-state index contributed by atoms with van der Waals surface area (Å²) in [5.41, 5.74) is 15.4. The fraction of sp³-hybridized carbons (Fsp3) is 0. The Morgan fingerprint density at radius 2 is 0.841 bits per heavy atom.